The van der Waals surface area contributed by atoms with Gasteiger partial charge in [-0.25, -0.2) is 0 Å². The third-order valence-electron chi connectivity index (χ3n) is 21.5. The van der Waals surface area contributed by atoms with Crippen LogP contribution in [-0.4, -0.2) is 41.0 Å². The summed E-state index contributed by atoms with van der Waals surface area (Å²) in [4.78, 5) is 3.62. The normalized spacial score (nSPS) is 55.8. The van der Waals surface area contributed by atoms with Crippen LogP contribution < -0.4 is 16.0 Å². The van der Waals surface area contributed by atoms with Crippen LogP contribution in [0.1, 0.15) is 182 Å². The second-order valence-electron chi connectivity index (χ2n) is 23.4. The second-order valence-corrected chi connectivity index (χ2v) is 23.4. The first-order chi connectivity index (χ1) is 27.5. The van der Waals surface area contributed by atoms with Crippen LogP contribution in [0.25, 0.3) is 0 Å². The van der Waals surface area contributed by atoms with E-state index in [9.17, 15) is 0 Å². The van der Waals surface area contributed by atoms with Crippen molar-refractivity contribution in [3.05, 3.63) is 0 Å². The van der Waals surface area contributed by atoms with Crippen LogP contribution >= 0.6 is 0 Å². The zero-order chi connectivity index (χ0) is 37.7. The summed E-state index contributed by atoms with van der Waals surface area (Å²) in [6.07, 6.45) is 36.1. The van der Waals surface area contributed by atoms with Gasteiger partial charge in [0, 0.05) is 35.9 Å². The molecule has 10 fully saturated rings. The molecule has 56 heavy (non-hydrogen) atoms. The molecule has 11 aliphatic rings. The molecule has 0 bridgehead atoms. The molecular formula is C52H84N4. The minimum absolute atomic E-state index is 0.283. The molecule has 11 rings (SSSR count). The molecule has 9 aliphatic carbocycles. The molecule has 4 nitrogen and oxygen atoms in total. The van der Waals surface area contributed by atoms with E-state index in [2.05, 4.69) is 60.4 Å². The highest BCUT2D eigenvalue weighted by molar-refractivity contribution is 5.22. The summed E-state index contributed by atoms with van der Waals surface area (Å²) in [7, 11) is 0. The molecule has 2 aliphatic heterocycles. The molecule has 2 saturated heterocycles. The lowest BCUT2D eigenvalue weighted by molar-refractivity contribution is -0.159. The van der Waals surface area contributed by atoms with Crippen molar-refractivity contribution in [2.24, 2.45) is 94.7 Å². The lowest BCUT2D eigenvalue weighted by atomic mass is 9.50. The quantitative estimate of drug-likeness (QED) is 0.244. The Hall–Kier alpha value is -0.600. The molecule has 8 saturated carbocycles. The van der Waals surface area contributed by atoms with Gasteiger partial charge in [-0.1, -0.05) is 78.6 Å². The Morgan fingerprint density at radius 2 is 1.18 bits per heavy atom. The number of rotatable bonds is 5. The molecule has 0 aromatic carbocycles. The lowest BCUT2D eigenvalue weighted by Crippen LogP contribution is -2.78. The smallest absolute Gasteiger partial charge is 0.0737 e. The fourth-order valence-electron chi connectivity index (χ4n) is 19.5. The minimum Gasteiger partial charge on any atom is -0.290 e. The number of nitrogens with one attached hydrogen (secondary N) is 3. The van der Waals surface area contributed by atoms with Gasteiger partial charge in [-0.05, 0) is 186 Å². The number of hydrogen-bond donors (Lipinski definition) is 3. The van der Waals surface area contributed by atoms with Gasteiger partial charge in [0.1, 0.15) is 0 Å². The summed E-state index contributed by atoms with van der Waals surface area (Å²) in [6.45, 7) is 10.8. The first-order valence-corrected chi connectivity index (χ1v) is 26.0. The van der Waals surface area contributed by atoms with Gasteiger partial charge in [0.2, 0.25) is 0 Å². The maximum Gasteiger partial charge on any atom is 0.0737 e. The molecule has 21 atom stereocenters. The number of hydrogen-bond acceptors (Lipinski definition) is 4. The molecular weight excluding hydrogens is 681 g/mol. The lowest BCUT2D eigenvalue weighted by Gasteiger charge is -2.66. The van der Waals surface area contributed by atoms with Crippen molar-refractivity contribution < 1.29 is 0 Å². The Labute approximate surface area is 344 Å². The van der Waals surface area contributed by atoms with E-state index < -0.39 is 0 Å². The first-order valence-electron chi connectivity index (χ1n) is 26.0. The molecule has 21 unspecified atom stereocenters. The van der Waals surface area contributed by atoms with E-state index in [4.69, 9.17) is 0 Å². The van der Waals surface area contributed by atoms with E-state index in [1.807, 2.05) is 0 Å². The van der Waals surface area contributed by atoms with E-state index in [0.29, 0.717) is 30.3 Å². The molecule has 3 N–H and O–H groups in total. The fourth-order valence-corrected chi connectivity index (χ4v) is 19.5. The minimum atomic E-state index is 0.283. The van der Waals surface area contributed by atoms with E-state index in [0.717, 1.165) is 101 Å². The van der Waals surface area contributed by atoms with Gasteiger partial charge in [-0.2, -0.15) is 0 Å². The van der Waals surface area contributed by atoms with Gasteiger partial charge in [0.25, 0.3) is 0 Å². The van der Waals surface area contributed by atoms with Crippen molar-refractivity contribution >= 4 is 0 Å². The van der Waals surface area contributed by atoms with E-state index in [1.54, 1.807) is 38.5 Å². The van der Waals surface area contributed by atoms with Crippen LogP contribution in [0, 0.1) is 107 Å². The van der Waals surface area contributed by atoms with E-state index >= 15 is 0 Å². The maximum absolute atomic E-state index is 4.56. The Balaban J connectivity index is 1.04. The van der Waals surface area contributed by atoms with Gasteiger partial charge in [-0.3, -0.25) is 20.9 Å². The summed E-state index contributed by atoms with van der Waals surface area (Å²) in [5.41, 5.74) is 0.283. The van der Waals surface area contributed by atoms with E-state index in [1.165, 1.54) is 109 Å². The summed E-state index contributed by atoms with van der Waals surface area (Å²) in [5, 5.41) is 13.3. The standard InChI is InChI=1S/C52H84N4/c1-5-52(56-44-25-15-24-41-39-21-13-12-20-38(39)40-23-14-22-37-33(4)30-45(56)48(46(37)40)47(41)44)42(27-26-36-28-31(2)32(3)29-43(36)52)51-54-49(34-16-8-6-9-17-34)53-50(55-51)35-18-10-7-11-19-35/h31-51,53-55H,5-10,12-18,20-30H2,1-4H3. The van der Waals surface area contributed by atoms with Crippen molar-refractivity contribution in [1.29, 1.82) is 0 Å². The molecule has 0 radical (unpaired) electrons. The number of fused-ring (bicyclic) bond motifs is 4. The van der Waals surface area contributed by atoms with Crippen LogP contribution in [-0.2, 0) is 0 Å². The summed E-state index contributed by atoms with van der Waals surface area (Å²) < 4.78 is 0. The maximum atomic E-state index is 4.56. The van der Waals surface area contributed by atoms with Crippen molar-refractivity contribution in [1.82, 2.24) is 20.9 Å². The van der Waals surface area contributed by atoms with E-state index in [-0.39, 0.29) is 5.54 Å². The van der Waals surface area contributed by atoms with Crippen molar-refractivity contribution in [3.8, 4) is 11.8 Å². The molecule has 0 aromatic heterocycles. The highest BCUT2D eigenvalue weighted by Crippen LogP contribution is 2.70. The highest BCUT2D eigenvalue weighted by atomic mass is 15.4. The van der Waals surface area contributed by atoms with Gasteiger partial charge < -0.3 is 0 Å². The zero-order valence-electron chi connectivity index (χ0n) is 36.5. The van der Waals surface area contributed by atoms with Gasteiger partial charge >= 0.3 is 0 Å². The van der Waals surface area contributed by atoms with Crippen molar-refractivity contribution in [2.75, 3.05) is 0 Å². The number of likely N-dealkylation sites (tertiary alicyclic amines) is 1. The monoisotopic (exact) mass is 765 g/mol. The highest BCUT2D eigenvalue weighted by Gasteiger charge is 2.70. The Kier molecular flexibility index (Phi) is 10.5. The van der Waals surface area contributed by atoms with Crippen LogP contribution in [0.5, 0.6) is 0 Å². The topological polar surface area (TPSA) is 39.3 Å². The molecule has 312 valence electrons. The average Bonchev–Trinajstić information content (AvgIpc) is 3.51. The first kappa shape index (κ1) is 38.3. The molecule has 2 heterocycles. The fraction of sp³-hybridized carbons (Fsp3) is 0.962. The molecule has 0 amide bonds. The second kappa shape index (κ2) is 15.4. The molecule has 0 aromatic rings. The Morgan fingerprint density at radius 3 is 1.95 bits per heavy atom. The Bertz CT molecular complexity index is 1460. The summed E-state index contributed by atoms with van der Waals surface area (Å²) in [6, 6.07) is 1.67. The van der Waals surface area contributed by atoms with Crippen molar-refractivity contribution in [3.63, 3.8) is 0 Å². The molecule has 0 spiro atoms. The number of nitrogens with zero attached hydrogens (tertiary/aromatic N) is 1. The predicted octanol–water partition coefficient (Wildman–Crippen LogP) is 11.0. The van der Waals surface area contributed by atoms with Gasteiger partial charge in [-0.15, -0.1) is 5.92 Å². The zero-order valence-corrected chi connectivity index (χ0v) is 36.5. The van der Waals surface area contributed by atoms with Gasteiger partial charge in [0.15, 0.2) is 0 Å². The van der Waals surface area contributed by atoms with Crippen LogP contribution in [0.15, 0.2) is 0 Å². The SMILES string of the molecule is CCC1(N2C3CCCC4C5CCCCC5C5CCCC6C(C)CC2C(C65)C43)C2CC(C)C(C)CC2CCC1C1NC(C2C#CCCC2)NC(C2CCCCC2)N1. The third kappa shape index (κ3) is 5.99. The predicted molar refractivity (Wildman–Crippen MR) is 230 cm³/mol. The van der Waals surface area contributed by atoms with Crippen molar-refractivity contribution in [2.45, 2.75) is 218 Å². The summed E-state index contributed by atoms with van der Waals surface area (Å²) >= 11 is 0. The Morgan fingerprint density at radius 1 is 0.500 bits per heavy atom. The third-order valence-corrected chi connectivity index (χ3v) is 21.5. The van der Waals surface area contributed by atoms with Gasteiger partial charge in [0.05, 0.1) is 18.5 Å². The summed E-state index contributed by atoms with van der Waals surface area (Å²) in [5.74, 6) is 21.9. The van der Waals surface area contributed by atoms with Crippen LogP contribution in [0.3, 0.4) is 0 Å². The largest absolute Gasteiger partial charge is 0.290 e. The van der Waals surface area contributed by atoms with Crippen LogP contribution in [0.4, 0.5) is 0 Å². The molecule has 4 heteroatoms. The average molecular weight is 765 g/mol. The van der Waals surface area contributed by atoms with Crippen LogP contribution in [0.2, 0.25) is 0 Å².